The average Bonchev–Trinajstić information content (AvgIpc) is 3.25. The molecule has 0 amide bonds. The van der Waals surface area contributed by atoms with Gasteiger partial charge in [-0.05, 0) is 51.3 Å². The van der Waals surface area contributed by atoms with Crippen molar-refractivity contribution in [3.63, 3.8) is 0 Å². The number of aromatic nitrogens is 2. The molecule has 1 aliphatic heterocycles. The summed E-state index contributed by atoms with van der Waals surface area (Å²) in [7, 11) is 4.21. The zero-order valence-electron chi connectivity index (χ0n) is 20.2. The molecule has 1 N–H and O–H groups in total. The number of para-hydroxylation sites is 2. The van der Waals surface area contributed by atoms with Gasteiger partial charge in [0.1, 0.15) is 23.0 Å². The van der Waals surface area contributed by atoms with Crippen LogP contribution in [0.3, 0.4) is 0 Å². The maximum absolute atomic E-state index is 6.02. The van der Waals surface area contributed by atoms with Crippen LogP contribution in [0.5, 0.6) is 0 Å². The molecule has 0 saturated carbocycles. The van der Waals surface area contributed by atoms with Crippen LogP contribution in [0.15, 0.2) is 59.0 Å². The highest BCUT2D eigenvalue weighted by atomic mass is 16.3. The van der Waals surface area contributed by atoms with E-state index in [0.29, 0.717) is 0 Å². The highest BCUT2D eigenvalue weighted by molar-refractivity contribution is 5.89. The molecule has 2 aromatic heterocycles. The number of nitrogens with zero attached hydrogens (tertiary/aromatic N) is 5. The number of hydrogen-bond acceptors (Lipinski definition) is 7. The monoisotopic (exact) mass is 458 g/mol. The molecule has 2 aromatic carbocycles. The van der Waals surface area contributed by atoms with Crippen molar-refractivity contribution in [2.24, 2.45) is 0 Å². The topological polar surface area (TPSA) is 60.7 Å². The van der Waals surface area contributed by atoms with Gasteiger partial charge in [-0.15, -0.1) is 0 Å². The fraction of sp³-hybridized carbons (Fsp3) is 0.407. The standard InChI is InChI=1S/C27H34N6O/c1-31(2)13-7-12-28-27-23-9-4-5-10-24(23)29-26(30-27)20-33-16-14-32(15-17-33)19-22-18-21-8-3-6-11-25(21)34-22/h3-6,8-11,18H,7,12-17,19-20H2,1-2H3,(H,28,29,30). The SMILES string of the molecule is CN(C)CCCNc1nc(CN2CCN(Cc3cc4ccccc4o3)CC2)nc2ccccc12. The zero-order valence-corrected chi connectivity index (χ0v) is 20.2. The van der Waals surface area contributed by atoms with Gasteiger partial charge in [-0.3, -0.25) is 9.80 Å². The summed E-state index contributed by atoms with van der Waals surface area (Å²) in [6.07, 6.45) is 1.08. The van der Waals surface area contributed by atoms with Gasteiger partial charge >= 0.3 is 0 Å². The fourth-order valence-electron chi connectivity index (χ4n) is 4.57. The lowest BCUT2D eigenvalue weighted by molar-refractivity contribution is 0.114. The Bertz CT molecular complexity index is 1200. The Labute approximate surface area is 201 Å². The van der Waals surface area contributed by atoms with Crippen molar-refractivity contribution in [3.8, 4) is 0 Å². The van der Waals surface area contributed by atoms with Gasteiger partial charge in [0.05, 0.1) is 18.6 Å². The molecule has 5 rings (SSSR count). The van der Waals surface area contributed by atoms with Crippen molar-refractivity contribution >= 4 is 27.7 Å². The molecule has 0 spiro atoms. The number of rotatable bonds is 9. The molecule has 4 aromatic rings. The first-order chi connectivity index (χ1) is 16.6. The van der Waals surface area contributed by atoms with E-state index in [9.17, 15) is 0 Å². The van der Waals surface area contributed by atoms with Gasteiger partial charge in [-0.2, -0.15) is 0 Å². The summed E-state index contributed by atoms with van der Waals surface area (Å²) in [5, 5.41) is 5.82. The molecule has 0 unspecified atom stereocenters. The largest absolute Gasteiger partial charge is 0.460 e. The lowest BCUT2D eigenvalue weighted by Gasteiger charge is -2.33. The normalized spacial score (nSPS) is 15.5. The van der Waals surface area contributed by atoms with Crippen LogP contribution in [0.2, 0.25) is 0 Å². The minimum atomic E-state index is 0.774. The lowest BCUT2D eigenvalue weighted by atomic mass is 10.2. The molecule has 3 heterocycles. The van der Waals surface area contributed by atoms with Crippen LogP contribution in [0.1, 0.15) is 18.0 Å². The maximum Gasteiger partial charge on any atom is 0.145 e. The summed E-state index contributed by atoms with van der Waals surface area (Å²) < 4.78 is 6.02. The van der Waals surface area contributed by atoms with E-state index < -0.39 is 0 Å². The van der Waals surface area contributed by atoms with Gasteiger partial charge in [0.15, 0.2) is 0 Å². The number of fused-ring (bicyclic) bond motifs is 2. The third kappa shape index (κ3) is 5.55. The van der Waals surface area contributed by atoms with Crippen LogP contribution in [0, 0.1) is 0 Å². The second kappa shape index (κ2) is 10.5. The number of nitrogens with one attached hydrogen (secondary N) is 1. The van der Waals surface area contributed by atoms with Gasteiger partial charge in [0, 0.05) is 43.5 Å². The number of hydrogen-bond donors (Lipinski definition) is 1. The van der Waals surface area contributed by atoms with Crippen molar-refractivity contribution in [3.05, 3.63) is 66.2 Å². The number of furan rings is 1. The Hall–Kier alpha value is -3.00. The van der Waals surface area contributed by atoms with E-state index in [-0.39, 0.29) is 0 Å². The van der Waals surface area contributed by atoms with E-state index >= 15 is 0 Å². The van der Waals surface area contributed by atoms with Crippen LogP contribution in [0.4, 0.5) is 5.82 Å². The van der Waals surface area contributed by atoms with Crippen molar-refractivity contribution in [1.29, 1.82) is 0 Å². The Kier molecular flexibility index (Phi) is 7.04. The summed E-state index contributed by atoms with van der Waals surface area (Å²) in [6.45, 7) is 7.62. The van der Waals surface area contributed by atoms with Gasteiger partial charge < -0.3 is 14.6 Å². The van der Waals surface area contributed by atoms with Crippen LogP contribution >= 0.6 is 0 Å². The first kappa shape index (κ1) is 22.8. The van der Waals surface area contributed by atoms with Gasteiger partial charge in [0.25, 0.3) is 0 Å². The fourth-order valence-corrected chi connectivity index (χ4v) is 4.57. The van der Waals surface area contributed by atoms with Crippen molar-refractivity contribution in [2.75, 3.05) is 58.7 Å². The molecule has 34 heavy (non-hydrogen) atoms. The Morgan fingerprint density at radius 3 is 2.44 bits per heavy atom. The maximum atomic E-state index is 6.02. The Morgan fingerprint density at radius 2 is 1.65 bits per heavy atom. The molecule has 0 radical (unpaired) electrons. The molecule has 7 nitrogen and oxygen atoms in total. The Balaban J connectivity index is 1.19. The van der Waals surface area contributed by atoms with Crippen molar-refractivity contribution in [2.45, 2.75) is 19.5 Å². The molecular formula is C27H34N6O. The van der Waals surface area contributed by atoms with Crippen molar-refractivity contribution < 1.29 is 4.42 Å². The molecule has 1 fully saturated rings. The second-order valence-electron chi connectivity index (χ2n) is 9.39. The second-order valence-corrected chi connectivity index (χ2v) is 9.39. The van der Waals surface area contributed by atoms with Crippen LogP contribution in [-0.4, -0.2) is 78.0 Å². The van der Waals surface area contributed by atoms with Crippen LogP contribution < -0.4 is 5.32 Å². The molecule has 0 bridgehead atoms. The molecule has 1 aliphatic rings. The first-order valence-electron chi connectivity index (χ1n) is 12.2. The van der Waals surface area contributed by atoms with E-state index in [1.54, 1.807) is 0 Å². The molecule has 0 aliphatic carbocycles. The van der Waals surface area contributed by atoms with Crippen LogP contribution in [0.25, 0.3) is 21.9 Å². The number of piperazine rings is 1. The van der Waals surface area contributed by atoms with E-state index in [1.807, 2.05) is 18.2 Å². The van der Waals surface area contributed by atoms with Crippen molar-refractivity contribution in [1.82, 2.24) is 24.7 Å². The van der Waals surface area contributed by atoms with E-state index in [0.717, 1.165) is 92.7 Å². The minimum absolute atomic E-state index is 0.774. The highest BCUT2D eigenvalue weighted by Crippen LogP contribution is 2.22. The molecular weight excluding hydrogens is 424 g/mol. The molecule has 1 saturated heterocycles. The zero-order chi connectivity index (χ0) is 23.3. The predicted molar refractivity (Wildman–Crippen MR) is 138 cm³/mol. The summed E-state index contributed by atoms with van der Waals surface area (Å²) in [5.41, 5.74) is 1.97. The van der Waals surface area contributed by atoms with Gasteiger partial charge in [-0.1, -0.05) is 30.3 Å². The predicted octanol–water partition coefficient (Wildman–Crippen LogP) is 4.06. The first-order valence-corrected chi connectivity index (χ1v) is 12.2. The van der Waals surface area contributed by atoms with Gasteiger partial charge in [-0.25, -0.2) is 9.97 Å². The third-order valence-electron chi connectivity index (χ3n) is 6.41. The number of anilines is 1. The van der Waals surface area contributed by atoms with Gasteiger partial charge in [0.2, 0.25) is 0 Å². The highest BCUT2D eigenvalue weighted by Gasteiger charge is 2.20. The lowest BCUT2D eigenvalue weighted by Crippen LogP contribution is -2.45. The quantitative estimate of drug-likeness (QED) is 0.380. The van der Waals surface area contributed by atoms with E-state index in [1.165, 1.54) is 5.39 Å². The molecule has 0 atom stereocenters. The number of benzene rings is 2. The van der Waals surface area contributed by atoms with E-state index in [4.69, 9.17) is 14.4 Å². The average molecular weight is 459 g/mol. The summed E-state index contributed by atoms with van der Waals surface area (Å²) in [6, 6.07) is 18.7. The van der Waals surface area contributed by atoms with E-state index in [2.05, 4.69) is 70.5 Å². The summed E-state index contributed by atoms with van der Waals surface area (Å²) in [4.78, 5) is 16.9. The smallest absolute Gasteiger partial charge is 0.145 e. The minimum Gasteiger partial charge on any atom is -0.460 e. The Morgan fingerprint density at radius 1 is 0.912 bits per heavy atom. The third-order valence-corrected chi connectivity index (χ3v) is 6.41. The summed E-state index contributed by atoms with van der Waals surface area (Å²) in [5.74, 6) is 2.87. The molecule has 7 heteroatoms. The summed E-state index contributed by atoms with van der Waals surface area (Å²) >= 11 is 0. The van der Waals surface area contributed by atoms with Crippen LogP contribution in [-0.2, 0) is 13.1 Å². The molecule has 178 valence electrons.